The van der Waals surface area contributed by atoms with Crippen LogP contribution in [-0.2, 0) is 7.05 Å². The first-order valence-corrected chi connectivity index (χ1v) is 4.41. The predicted molar refractivity (Wildman–Crippen MR) is 50.6 cm³/mol. The van der Waals surface area contributed by atoms with Crippen molar-refractivity contribution in [1.29, 1.82) is 0 Å². The Balaban J connectivity index is 2.83. The molecule has 0 aromatic carbocycles. The number of rotatable bonds is 1. The van der Waals surface area contributed by atoms with E-state index in [-0.39, 0.29) is 0 Å². The molecule has 0 saturated carbocycles. The highest BCUT2D eigenvalue weighted by Gasteiger charge is 2.11. The third kappa shape index (κ3) is 1.17. The van der Waals surface area contributed by atoms with Gasteiger partial charge in [0.2, 0.25) is 5.88 Å². The summed E-state index contributed by atoms with van der Waals surface area (Å²) in [7, 11) is 3.39. The van der Waals surface area contributed by atoms with Crippen LogP contribution in [-0.4, -0.2) is 27.1 Å². The van der Waals surface area contributed by atoms with Crippen molar-refractivity contribution in [1.82, 2.24) is 20.0 Å². The molecule has 68 valence electrons. The zero-order valence-corrected chi connectivity index (χ0v) is 8.74. The van der Waals surface area contributed by atoms with Crippen LogP contribution in [0.25, 0.3) is 11.0 Å². The van der Waals surface area contributed by atoms with E-state index < -0.39 is 0 Å². The van der Waals surface area contributed by atoms with E-state index in [1.54, 1.807) is 18.0 Å². The molecular formula is C7H7BrN4O. The maximum Gasteiger partial charge on any atom is 0.230 e. The van der Waals surface area contributed by atoms with Gasteiger partial charge >= 0.3 is 0 Å². The molecule has 13 heavy (non-hydrogen) atoms. The topological polar surface area (TPSA) is 52.8 Å². The Morgan fingerprint density at radius 3 is 3.00 bits per heavy atom. The Morgan fingerprint density at radius 2 is 2.31 bits per heavy atom. The first-order valence-electron chi connectivity index (χ1n) is 3.62. The molecule has 0 aliphatic carbocycles. The number of hydrogen-bond donors (Lipinski definition) is 0. The third-order valence-electron chi connectivity index (χ3n) is 1.75. The van der Waals surface area contributed by atoms with Gasteiger partial charge in [-0.15, -0.1) is 5.10 Å². The average Bonchev–Trinajstić information content (AvgIpc) is 2.49. The lowest BCUT2D eigenvalue weighted by Crippen LogP contribution is -1.93. The summed E-state index contributed by atoms with van der Waals surface area (Å²) in [6, 6.07) is 0. The number of pyridine rings is 1. The van der Waals surface area contributed by atoms with Crippen LogP contribution in [0.2, 0.25) is 0 Å². The molecule has 0 spiro atoms. The van der Waals surface area contributed by atoms with Gasteiger partial charge in [-0.2, -0.15) is 0 Å². The van der Waals surface area contributed by atoms with Crippen molar-refractivity contribution in [2.24, 2.45) is 7.05 Å². The van der Waals surface area contributed by atoms with E-state index in [0.717, 1.165) is 15.5 Å². The highest BCUT2D eigenvalue weighted by molar-refractivity contribution is 9.10. The van der Waals surface area contributed by atoms with Gasteiger partial charge in [-0.25, -0.2) is 9.67 Å². The van der Waals surface area contributed by atoms with Crippen molar-refractivity contribution in [3.8, 4) is 5.88 Å². The smallest absolute Gasteiger partial charge is 0.230 e. The number of aromatic nitrogens is 4. The van der Waals surface area contributed by atoms with E-state index in [4.69, 9.17) is 4.74 Å². The fraction of sp³-hybridized carbons (Fsp3) is 0.286. The quantitative estimate of drug-likeness (QED) is 0.753. The molecule has 0 bridgehead atoms. The van der Waals surface area contributed by atoms with Crippen molar-refractivity contribution >= 4 is 27.0 Å². The SMILES string of the molecule is COc1ncc2nnn(C)c2c1Br. The van der Waals surface area contributed by atoms with Gasteiger partial charge in [-0.05, 0) is 15.9 Å². The summed E-state index contributed by atoms with van der Waals surface area (Å²) in [5.41, 5.74) is 1.63. The first-order chi connectivity index (χ1) is 6.24. The van der Waals surface area contributed by atoms with Crippen molar-refractivity contribution in [3.05, 3.63) is 10.7 Å². The fourth-order valence-electron chi connectivity index (χ4n) is 1.13. The Kier molecular flexibility index (Phi) is 1.91. The minimum absolute atomic E-state index is 0.540. The van der Waals surface area contributed by atoms with Crippen LogP contribution in [0.15, 0.2) is 10.7 Å². The molecular weight excluding hydrogens is 236 g/mol. The number of halogens is 1. The number of aryl methyl sites for hydroxylation is 1. The van der Waals surface area contributed by atoms with Gasteiger partial charge in [0.05, 0.1) is 13.3 Å². The Hall–Kier alpha value is -1.17. The monoisotopic (exact) mass is 242 g/mol. The van der Waals surface area contributed by atoms with Crippen LogP contribution in [0.5, 0.6) is 5.88 Å². The van der Waals surface area contributed by atoms with Crippen molar-refractivity contribution in [2.75, 3.05) is 7.11 Å². The van der Waals surface area contributed by atoms with Gasteiger partial charge in [0.15, 0.2) is 0 Å². The number of nitrogens with zero attached hydrogens (tertiary/aromatic N) is 4. The van der Waals surface area contributed by atoms with Crippen LogP contribution in [0, 0.1) is 0 Å². The van der Waals surface area contributed by atoms with E-state index in [0.29, 0.717) is 5.88 Å². The van der Waals surface area contributed by atoms with Crippen LogP contribution in [0.1, 0.15) is 0 Å². The summed E-state index contributed by atoms with van der Waals surface area (Å²) in [4.78, 5) is 4.05. The summed E-state index contributed by atoms with van der Waals surface area (Å²) in [6.07, 6.45) is 1.63. The lowest BCUT2D eigenvalue weighted by molar-refractivity contribution is 0.396. The molecule has 0 amide bonds. The molecule has 0 aliphatic rings. The normalized spacial score (nSPS) is 10.7. The van der Waals surface area contributed by atoms with Crippen molar-refractivity contribution < 1.29 is 4.74 Å². The summed E-state index contributed by atoms with van der Waals surface area (Å²) in [5, 5.41) is 7.79. The number of methoxy groups -OCH3 is 1. The summed E-state index contributed by atoms with van der Waals surface area (Å²) in [6.45, 7) is 0. The molecule has 6 heteroatoms. The third-order valence-corrected chi connectivity index (χ3v) is 2.46. The molecule has 0 saturated heterocycles. The van der Waals surface area contributed by atoms with Gasteiger partial charge in [-0.3, -0.25) is 0 Å². The van der Waals surface area contributed by atoms with Gasteiger partial charge in [0.25, 0.3) is 0 Å². The molecule has 2 heterocycles. The molecule has 0 fully saturated rings. The lowest BCUT2D eigenvalue weighted by atomic mass is 10.4. The fourth-order valence-corrected chi connectivity index (χ4v) is 1.86. The van der Waals surface area contributed by atoms with E-state index in [2.05, 4.69) is 31.2 Å². The van der Waals surface area contributed by atoms with Crippen molar-refractivity contribution in [3.63, 3.8) is 0 Å². The van der Waals surface area contributed by atoms with E-state index >= 15 is 0 Å². The second-order valence-electron chi connectivity index (χ2n) is 2.53. The maximum atomic E-state index is 5.05. The molecule has 2 aromatic heterocycles. The van der Waals surface area contributed by atoms with Gasteiger partial charge in [-0.1, -0.05) is 5.21 Å². The highest BCUT2D eigenvalue weighted by Crippen LogP contribution is 2.28. The zero-order valence-electron chi connectivity index (χ0n) is 7.15. The second-order valence-corrected chi connectivity index (χ2v) is 3.32. The van der Waals surface area contributed by atoms with Crippen molar-refractivity contribution in [2.45, 2.75) is 0 Å². The second kappa shape index (κ2) is 2.95. The Bertz CT molecular complexity index is 453. The largest absolute Gasteiger partial charge is 0.480 e. The number of ether oxygens (including phenoxy) is 1. The minimum atomic E-state index is 0.540. The Morgan fingerprint density at radius 1 is 1.54 bits per heavy atom. The molecule has 0 N–H and O–H groups in total. The molecule has 0 aliphatic heterocycles. The maximum absolute atomic E-state index is 5.05. The molecule has 0 unspecified atom stereocenters. The average molecular weight is 243 g/mol. The minimum Gasteiger partial charge on any atom is -0.480 e. The van der Waals surface area contributed by atoms with E-state index in [1.165, 1.54) is 0 Å². The Labute approximate surface area is 82.8 Å². The first kappa shape index (κ1) is 8.43. The molecule has 2 aromatic rings. The standard InChI is InChI=1S/C7H7BrN4O/c1-12-6-4(10-11-12)3-9-7(13-2)5(6)8/h3H,1-2H3. The number of hydrogen-bond acceptors (Lipinski definition) is 4. The zero-order chi connectivity index (χ0) is 9.42. The number of fused-ring (bicyclic) bond motifs is 1. The van der Waals surface area contributed by atoms with Gasteiger partial charge in [0, 0.05) is 7.05 Å². The molecule has 2 rings (SSSR count). The molecule has 5 nitrogen and oxygen atoms in total. The van der Waals surface area contributed by atoms with E-state index in [9.17, 15) is 0 Å². The predicted octanol–water partition coefficient (Wildman–Crippen LogP) is 1.13. The highest BCUT2D eigenvalue weighted by atomic mass is 79.9. The summed E-state index contributed by atoms with van der Waals surface area (Å²) in [5.74, 6) is 0.540. The van der Waals surface area contributed by atoms with Crippen LogP contribution in [0.3, 0.4) is 0 Å². The van der Waals surface area contributed by atoms with Crippen LogP contribution in [0.4, 0.5) is 0 Å². The summed E-state index contributed by atoms with van der Waals surface area (Å²) >= 11 is 3.38. The van der Waals surface area contributed by atoms with Gasteiger partial charge in [0.1, 0.15) is 15.5 Å². The molecule has 0 radical (unpaired) electrons. The van der Waals surface area contributed by atoms with Gasteiger partial charge < -0.3 is 4.74 Å². The molecule has 0 atom stereocenters. The lowest BCUT2D eigenvalue weighted by Gasteiger charge is -2.01. The van der Waals surface area contributed by atoms with Crippen LogP contribution < -0.4 is 4.74 Å². The van der Waals surface area contributed by atoms with Crippen LogP contribution >= 0.6 is 15.9 Å². The van der Waals surface area contributed by atoms with E-state index in [1.807, 2.05) is 7.05 Å². The summed E-state index contributed by atoms with van der Waals surface area (Å²) < 4.78 is 7.50.